The van der Waals surface area contributed by atoms with Crippen molar-refractivity contribution in [2.45, 2.75) is 31.9 Å². The zero-order valence-corrected chi connectivity index (χ0v) is 8.71. The largest absolute Gasteiger partial charge is 0.355 e. The van der Waals surface area contributed by atoms with Gasteiger partial charge in [-0.25, -0.2) is 0 Å². The molecule has 2 aliphatic rings. The van der Waals surface area contributed by atoms with Gasteiger partial charge < -0.3 is 15.0 Å². The van der Waals surface area contributed by atoms with Crippen LogP contribution >= 0.6 is 0 Å². The van der Waals surface area contributed by atoms with Crippen LogP contribution in [0.25, 0.3) is 0 Å². The second-order valence-electron chi connectivity index (χ2n) is 3.93. The van der Waals surface area contributed by atoms with Crippen molar-refractivity contribution >= 4 is 5.91 Å². The van der Waals surface area contributed by atoms with Crippen molar-refractivity contribution in [1.29, 1.82) is 0 Å². The fourth-order valence-corrected chi connectivity index (χ4v) is 2.46. The highest BCUT2D eigenvalue weighted by Crippen LogP contribution is 2.31. The van der Waals surface area contributed by atoms with Gasteiger partial charge in [0.2, 0.25) is 5.91 Å². The molecular weight excluding hydrogens is 180 g/mol. The summed E-state index contributed by atoms with van der Waals surface area (Å²) in [6.07, 6.45) is 2.39. The number of carbonyl (C=O) groups is 1. The molecular formula is C10H18N2O2. The van der Waals surface area contributed by atoms with Gasteiger partial charge in [0, 0.05) is 19.4 Å². The lowest BCUT2D eigenvalue weighted by Crippen LogP contribution is -2.61. The number of carbonyl (C=O) groups excluding carboxylic acids is 1. The third-order valence-corrected chi connectivity index (χ3v) is 3.18. The van der Waals surface area contributed by atoms with E-state index >= 15 is 0 Å². The predicted octanol–water partition coefficient (Wildman–Crippen LogP) is 0.335. The van der Waals surface area contributed by atoms with E-state index in [1.807, 2.05) is 11.8 Å². The molecule has 0 aromatic carbocycles. The number of piperidine rings is 1. The lowest BCUT2D eigenvalue weighted by atomic mass is 9.97. The summed E-state index contributed by atoms with van der Waals surface area (Å²) in [7, 11) is 0. The van der Waals surface area contributed by atoms with Crippen molar-refractivity contribution in [1.82, 2.24) is 10.2 Å². The highest BCUT2D eigenvalue weighted by molar-refractivity contribution is 5.77. The molecule has 2 fully saturated rings. The van der Waals surface area contributed by atoms with Crippen molar-refractivity contribution < 1.29 is 9.53 Å². The Morgan fingerprint density at radius 3 is 2.86 bits per heavy atom. The molecule has 4 heteroatoms. The maximum atomic E-state index is 11.7. The van der Waals surface area contributed by atoms with Crippen molar-refractivity contribution in [3.63, 3.8) is 0 Å². The molecule has 2 saturated heterocycles. The molecule has 0 radical (unpaired) electrons. The number of ether oxygens (including phenoxy) is 1. The van der Waals surface area contributed by atoms with Gasteiger partial charge in [0.15, 0.2) is 0 Å². The smallest absolute Gasteiger partial charge is 0.227 e. The summed E-state index contributed by atoms with van der Waals surface area (Å²) in [5.41, 5.74) is -0.282. The minimum absolute atomic E-state index is 0.251. The number of rotatable bonds is 1. The lowest BCUT2D eigenvalue weighted by molar-refractivity contribution is -0.204. The van der Waals surface area contributed by atoms with Crippen molar-refractivity contribution in [2.24, 2.45) is 0 Å². The second kappa shape index (κ2) is 3.87. The molecule has 2 rings (SSSR count). The maximum Gasteiger partial charge on any atom is 0.227 e. The Morgan fingerprint density at radius 2 is 2.21 bits per heavy atom. The van der Waals surface area contributed by atoms with Gasteiger partial charge in [-0.15, -0.1) is 0 Å². The zero-order valence-electron chi connectivity index (χ0n) is 8.71. The monoisotopic (exact) mass is 198 g/mol. The van der Waals surface area contributed by atoms with E-state index in [0.717, 1.165) is 32.5 Å². The Hall–Kier alpha value is -0.610. The molecule has 2 heterocycles. The Morgan fingerprint density at radius 1 is 1.50 bits per heavy atom. The third kappa shape index (κ3) is 1.53. The summed E-state index contributed by atoms with van der Waals surface area (Å²) >= 11 is 0. The van der Waals surface area contributed by atoms with Gasteiger partial charge in [0.1, 0.15) is 5.72 Å². The molecule has 2 aliphatic heterocycles. The Labute approximate surface area is 84.6 Å². The number of amides is 1. The molecule has 0 aromatic rings. The van der Waals surface area contributed by atoms with Crippen LogP contribution in [0.1, 0.15) is 26.2 Å². The van der Waals surface area contributed by atoms with Crippen molar-refractivity contribution in [2.75, 3.05) is 26.2 Å². The summed E-state index contributed by atoms with van der Waals surface area (Å²) in [6.45, 7) is 5.28. The van der Waals surface area contributed by atoms with Gasteiger partial charge in [0.25, 0.3) is 0 Å². The molecule has 14 heavy (non-hydrogen) atoms. The molecule has 1 spiro atoms. The quantitative estimate of drug-likeness (QED) is 0.660. The number of nitrogens with zero attached hydrogens (tertiary/aromatic N) is 1. The molecule has 0 unspecified atom stereocenters. The number of nitrogens with one attached hydrogen (secondary N) is 1. The maximum absolute atomic E-state index is 11.7. The van der Waals surface area contributed by atoms with E-state index in [1.165, 1.54) is 0 Å². The van der Waals surface area contributed by atoms with Crippen LogP contribution in [0, 0.1) is 0 Å². The predicted molar refractivity (Wildman–Crippen MR) is 52.8 cm³/mol. The Kier molecular flexibility index (Phi) is 2.74. The van der Waals surface area contributed by atoms with Gasteiger partial charge in [-0.1, -0.05) is 0 Å². The van der Waals surface area contributed by atoms with Crippen LogP contribution < -0.4 is 5.32 Å². The highest BCUT2D eigenvalue weighted by atomic mass is 16.5. The molecule has 0 bridgehead atoms. The van der Waals surface area contributed by atoms with Crippen molar-refractivity contribution in [3.8, 4) is 0 Å². The standard InChI is InChI=1S/C10H18N2O2/c1-2-12-9(13)3-8-14-10(12)4-6-11-7-5-10/h11H,2-8H2,1H3. The molecule has 1 N–H and O–H groups in total. The van der Waals surface area contributed by atoms with Crippen LogP contribution in [0.15, 0.2) is 0 Å². The van der Waals surface area contributed by atoms with Crippen LogP contribution in [0.5, 0.6) is 0 Å². The number of hydrogen-bond acceptors (Lipinski definition) is 3. The molecule has 1 amide bonds. The number of hydrogen-bond donors (Lipinski definition) is 1. The highest BCUT2D eigenvalue weighted by Gasteiger charge is 2.43. The van der Waals surface area contributed by atoms with Crippen LogP contribution in [0.2, 0.25) is 0 Å². The first kappa shape index (κ1) is 9.93. The first-order chi connectivity index (χ1) is 6.78. The van der Waals surface area contributed by atoms with E-state index in [1.54, 1.807) is 0 Å². The molecule has 0 atom stereocenters. The minimum Gasteiger partial charge on any atom is -0.355 e. The van der Waals surface area contributed by atoms with Crippen LogP contribution in [-0.2, 0) is 9.53 Å². The normalized spacial score (nSPS) is 26.9. The van der Waals surface area contributed by atoms with E-state index in [9.17, 15) is 4.79 Å². The van der Waals surface area contributed by atoms with E-state index in [2.05, 4.69) is 5.32 Å². The van der Waals surface area contributed by atoms with Gasteiger partial charge in [-0.05, 0) is 20.0 Å². The van der Waals surface area contributed by atoms with Gasteiger partial charge >= 0.3 is 0 Å². The topological polar surface area (TPSA) is 41.6 Å². The van der Waals surface area contributed by atoms with Crippen LogP contribution in [0.4, 0.5) is 0 Å². The van der Waals surface area contributed by atoms with E-state index in [4.69, 9.17) is 4.74 Å². The fraction of sp³-hybridized carbons (Fsp3) is 0.900. The van der Waals surface area contributed by atoms with E-state index in [0.29, 0.717) is 13.0 Å². The average molecular weight is 198 g/mol. The SMILES string of the molecule is CCN1C(=O)CCOC12CCNCC2. The summed E-state index contributed by atoms with van der Waals surface area (Å²) in [4.78, 5) is 13.6. The molecule has 80 valence electrons. The minimum atomic E-state index is -0.282. The fourth-order valence-electron chi connectivity index (χ4n) is 2.46. The lowest BCUT2D eigenvalue weighted by Gasteiger charge is -2.48. The summed E-state index contributed by atoms with van der Waals surface area (Å²) in [5.74, 6) is 0.251. The van der Waals surface area contributed by atoms with Crippen LogP contribution in [-0.4, -0.2) is 42.8 Å². The van der Waals surface area contributed by atoms with E-state index < -0.39 is 0 Å². The van der Waals surface area contributed by atoms with Gasteiger partial charge in [-0.3, -0.25) is 4.79 Å². The molecule has 4 nitrogen and oxygen atoms in total. The zero-order chi connectivity index (χ0) is 10.0. The summed E-state index contributed by atoms with van der Waals surface area (Å²) in [5, 5.41) is 3.30. The van der Waals surface area contributed by atoms with Crippen LogP contribution in [0.3, 0.4) is 0 Å². The first-order valence-corrected chi connectivity index (χ1v) is 5.44. The third-order valence-electron chi connectivity index (χ3n) is 3.18. The summed E-state index contributed by atoms with van der Waals surface area (Å²) in [6, 6.07) is 0. The van der Waals surface area contributed by atoms with Crippen molar-refractivity contribution in [3.05, 3.63) is 0 Å². The van der Waals surface area contributed by atoms with Gasteiger partial charge in [-0.2, -0.15) is 0 Å². The van der Waals surface area contributed by atoms with E-state index in [-0.39, 0.29) is 11.6 Å². The Bertz CT molecular complexity index is 219. The Balaban J connectivity index is 2.16. The second-order valence-corrected chi connectivity index (χ2v) is 3.93. The summed E-state index contributed by atoms with van der Waals surface area (Å²) < 4.78 is 5.85. The molecule has 0 saturated carbocycles. The molecule has 0 aliphatic carbocycles. The molecule has 0 aromatic heterocycles. The first-order valence-electron chi connectivity index (χ1n) is 5.44. The van der Waals surface area contributed by atoms with Gasteiger partial charge in [0.05, 0.1) is 13.0 Å². The average Bonchev–Trinajstić information content (AvgIpc) is 2.19.